The van der Waals surface area contributed by atoms with E-state index in [9.17, 15) is 4.79 Å². The Bertz CT molecular complexity index is 870. The van der Waals surface area contributed by atoms with Gasteiger partial charge < -0.3 is 4.74 Å². The van der Waals surface area contributed by atoms with Gasteiger partial charge in [-0.15, -0.1) is 0 Å². The van der Waals surface area contributed by atoms with Gasteiger partial charge in [0.1, 0.15) is 11.4 Å². The molecule has 1 amide bonds. The van der Waals surface area contributed by atoms with Crippen LogP contribution in [0, 0.1) is 0 Å². The molecule has 1 aliphatic rings. The zero-order valence-electron chi connectivity index (χ0n) is 15.9. The maximum absolute atomic E-state index is 12.3. The van der Waals surface area contributed by atoms with Gasteiger partial charge in [0.25, 0.3) is 5.91 Å². The van der Waals surface area contributed by atoms with Crippen LogP contribution in [0.4, 0.5) is 0 Å². The molecule has 140 valence electrons. The molecule has 27 heavy (non-hydrogen) atoms. The molecule has 2 aromatic rings. The molecule has 6 heteroatoms. The summed E-state index contributed by atoms with van der Waals surface area (Å²) in [6, 6.07) is 7.56. The highest BCUT2D eigenvalue weighted by molar-refractivity contribution is 5.93. The Balaban J connectivity index is 1.68. The number of nitrogens with zero attached hydrogens (tertiary/aromatic N) is 3. The Morgan fingerprint density at radius 3 is 2.67 bits per heavy atom. The van der Waals surface area contributed by atoms with Crippen LogP contribution in [-0.4, -0.2) is 28.2 Å². The largest absolute Gasteiger partial charge is 0.491 e. The van der Waals surface area contributed by atoms with Crippen molar-refractivity contribution in [1.82, 2.24) is 15.4 Å². The van der Waals surface area contributed by atoms with Crippen LogP contribution in [0.25, 0.3) is 11.3 Å². The van der Waals surface area contributed by atoms with Crippen molar-refractivity contribution in [3.05, 3.63) is 53.5 Å². The second-order valence-electron chi connectivity index (χ2n) is 6.84. The van der Waals surface area contributed by atoms with Gasteiger partial charge in [0.15, 0.2) is 0 Å². The summed E-state index contributed by atoms with van der Waals surface area (Å²) < 4.78 is 5.64. The molecule has 6 nitrogen and oxygen atoms in total. The predicted molar refractivity (Wildman–Crippen MR) is 106 cm³/mol. The van der Waals surface area contributed by atoms with E-state index >= 15 is 0 Å². The summed E-state index contributed by atoms with van der Waals surface area (Å²) in [5.41, 5.74) is 6.77. The van der Waals surface area contributed by atoms with Crippen molar-refractivity contribution >= 4 is 12.1 Å². The molecular formula is C21H24N4O2. The SMILES string of the molecule is CC1=C(/C=N/NC(=O)c2cncc(-c3ccc(OC(C)C)cc3)n2)CCC1. The molecule has 0 atom stereocenters. The molecule has 3 rings (SSSR count). The zero-order chi connectivity index (χ0) is 19.2. The van der Waals surface area contributed by atoms with Crippen LogP contribution in [0.3, 0.4) is 0 Å². The van der Waals surface area contributed by atoms with Crippen molar-refractivity contribution in [1.29, 1.82) is 0 Å². The van der Waals surface area contributed by atoms with Crippen LogP contribution >= 0.6 is 0 Å². The van der Waals surface area contributed by atoms with Gasteiger partial charge in [-0.05, 0) is 69.9 Å². The van der Waals surface area contributed by atoms with Gasteiger partial charge in [-0.1, -0.05) is 5.57 Å². The highest BCUT2D eigenvalue weighted by Crippen LogP contribution is 2.23. The molecule has 1 heterocycles. The molecule has 0 radical (unpaired) electrons. The van der Waals surface area contributed by atoms with E-state index < -0.39 is 0 Å². The fourth-order valence-electron chi connectivity index (χ4n) is 2.91. The van der Waals surface area contributed by atoms with Crippen molar-refractivity contribution < 1.29 is 9.53 Å². The second kappa shape index (κ2) is 8.58. The summed E-state index contributed by atoms with van der Waals surface area (Å²) in [4.78, 5) is 20.8. The van der Waals surface area contributed by atoms with Crippen LogP contribution in [0.5, 0.6) is 5.75 Å². The number of amides is 1. The first kappa shape index (κ1) is 18.8. The van der Waals surface area contributed by atoms with E-state index in [2.05, 4.69) is 27.4 Å². The Hall–Kier alpha value is -3.02. The summed E-state index contributed by atoms with van der Waals surface area (Å²) in [5, 5.41) is 4.05. The average molecular weight is 364 g/mol. The van der Waals surface area contributed by atoms with Crippen molar-refractivity contribution in [3.8, 4) is 17.0 Å². The monoisotopic (exact) mass is 364 g/mol. The van der Waals surface area contributed by atoms with E-state index in [4.69, 9.17) is 4.74 Å². The lowest BCUT2D eigenvalue weighted by Crippen LogP contribution is -2.19. The van der Waals surface area contributed by atoms with Gasteiger partial charge in [0.05, 0.1) is 30.4 Å². The maximum Gasteiger partial charge on any atom is 0.291 e. The normalized spacial score (nSPS) is 14.2. The molecule has 0 unspecified atom stereocenters. The first-order valence-corrected chi connectivity index (χ1v) is 9.14. The third-order valence-corrected chi connectivity index (χ3v) is 4.32. The van der Waals surface area contributed by atoms with Crippen molar-refractivity contribution in [2.24, 2.45) is 5.10 Å². The molecule has 0 aliphatic heterocycles. The first-order valence-electron chi connectivity index (χ1n) is 9.14. The average Bonchev–Trinajstić information content (AvgIpc) is 3.07. The number of hydrazone groups is 1. The number of carbonyl (C=O) groups excluding carboxylic acids is 1. The van der Waals surface area contributed by atoms with Crippen LogP contribution in [0.15, 0.2) is 52.9 Å². The third kappa shape index (κ3) is 5.00. The van der Waals surface area contributed by atoms with Gasteiger partial charge in [0, 0.05) is 5.56 Å². The predicted octanol–water partition coefficient (Wildman–Crippen LogP) is 4.15. The summed E-state index contributed by atoms with van der Waals surface area (Å²) >= 11 is 0. The fourth-order valence-corrected chi connectivity index (χ4v) is 2.91. The van der Waals surface area contributed by atoms with E-state index in [0.717, 1.165) is 30.6 Å². The van der Waals surface area contributed by atoms with Crippen molar-refractivity contribution in [2.75, 3.05) is 0 Å². The Morgan fingerprint density at radius 1 is 1.22 bits per heavy atom. The minimum atomic E-state index is -0.378. The van der Waals surface area contributed by atoms with Crippen LogP contribution in [0.2, 0.25) is 0 Å². The molecule has 1 aromatic carbocycles. The number of hydrogen-bond acceptors (Lipinski definition) is 5. The molecule has 0 saturated heterocycles. The second-order valence-corrected chi connectivity index (χ2v) is 6.84. The quantitative estimate of drug-likeness (QED) is 0.617. The molecule has 0 bridgehead atoms. The molecule has 1 aromatic heterocycles. The van der Waals surface area contributed by atoms with Crippen molar-refractivity contribution in [2.45, 2.75) is 46.1 Å². The van der Waals surface area contributed by atoms with Crippen LogP contribution < -0.4 is 10.2 Å². The highest BCUT2D eigenvalue weighted by Gasteiger charge is 2.11. The van der Waals surface area contributed by atoms with E-state index in [1.54, 1.807) is 12.4 Å². The molecule has 1 N–H and O–H groups in total. The number of ether oxygens (including phenoxy) is 1. The Morgan fingerprint density at radius 2 is 2.00 bits per heavy atom. The summed E-state index contributed by atoms with van der Waals surface area (Å²) in [6.45, 7) is 6.06. The number of nitrogens with one attached hydrogen (secondary N) is 1. The fraction of sp³-hybridized carbons (Fsp3) is 0.333. The number of rotatable bonds is 6. The number of hydrogen-bond donors (Lipinski definition) is 1. The third-order valence-electron chi connectivity index (χ3n) is 4.32. The summed E-state index contributed by atoms with van der Waals surface area (Å²) in [7, 11) is 0. The lowest BCUT2D eigenvalue weighted by atomic mass is 10.1. The molecule has 1 aliphatic carbocycles. The number of carbonyl (C=O) groups is 1. The van der Waals surface area contributed by atoms with Crippen molar-refractivity contribution in [3.63, 3.8) is 0 Å². The van der Waals surface area contributed by atoms with E-state index in [1.807, 2.05) is 38.1 Å². The van der Waals surface area contributed by atoms with Gasteiger partial charge in [0.2, 0.25) is 0 Å². The van der Waals surface area contributed by atoms with E-state index in [1.165, 1.54) is 17.3 Å². The smallest absolute Gasteiger partial charge is 0.291 e. The Labute approximate surface area is 159 Å². The number of benzene rings is 1. The minimum Gasteiger partial charge on any atom is -0.491 e. The molecule has 0 saturated carbocycles. The lowest BCUT2D eigenvalue weighted by molar-refractivity contribution is 0.0950. The number of aromatic nitrogens is 2. The van der Waals surface area contributed by atoms with Gasteiger partial charge in [-0.25, -0.2) is 10.4 Å². The Kier molecular flexibility index (Phi) is 5.96. The topological polar surface area (TPSA) is 76.5 Å². The zero-order valence-corrected chi connectivity index (χ0v) is 15.9. The molecule has 0 fully saturated rings. The van der Waals surface area contributed by atoms with E-state index in [-0.39, 0.29) is 17.7 Å². The lowest BCUT2D eigenvalue weighted by Gasteiger charge is -2.10. The molecule has 0 spiro atoms. The summed E-state index contributed by atoms with van der Waals surface area (Å²) in [6.07, 6.45) is 8.17. The molecular weight excluding hydrogens is 340 g/mol. The number of allylic oxidation sites excluding steroid dienone is 2. The highest BCUT2D eigenvalue weighted by atomic mass is 16.5. The van der Waals surface area contributed by atoms with Gasteiger partial charge in [-0.3, -0.25) is 9.78 Å². The van der Waals surface area contributed by atoms with Crippen LogP contribution in [0.1, 0.15) is 50.5 Å². The van der Waals surface area contributed by atoms with Crippen LogP contribution in [-0.2, 0) is 0 Å². The maximum atomic E-state index is 12.3. The van der Waals surface area contributed by atoms with Gasteiger partial charge >= 0.3 is 0 Å². The van der Waals surface area contributed by atoms with Gasteiger partial charge in [-0.2, -0.15) is 5.10 Å². The minimum absolute atomic E-state index is 0.118. The summed E-state index contributed by atoms with van der Waals surface area (Å²) in [5.74, 6) is 0.415. The standard InChI is InChI=1S/C21H24N4O2/c1-14(2)27-18-9-7-16(8-10-18)19-12-22-13-20(24-19)21(26)25-23-11-17-6-4-5-15(17)3/h7-14H,4-6H2,1-3H3,(H,25,26)/b23-11+. The van der Waals surface area contributed by atoms with E-state index in [0.29, 0.717) is 5.69 Å². The first-order chi connectivity index (χ1) is 13.0.